The Kier molecular flexibility index (Phi) is 2.03. The molecule has 1 nitrogen and oxygen atoms in total. The summed E-state index contributed by atoms with van der Waals surface area (Å²) in [6.45, 7) is 1.97. The minimum atomic E-state index is 0.939. The molecule has 1 heteroatoms. The average Bonchev–Trinajstić information content (AvgIpc) is 2.75. The van der Waals surface area contributed by atoms with Gasteiger partial charge in [-0.1, -0.05) is 42.5 Å². The molecule has 0 saturated carbocycles. The summed E-state index contributed by atoms with van der Waals surface area (Å²) in [4.78, 5) is 0. The van der Waals surface area contributed by atoms with Crippen LogP contribution in [0.25, 0.3) is 22.1 Å². The summed E-state index contributed by atoms with van der Waals surface area (Å²) in [6, 6.07) is 18.7. The predicted octanol–water partition coefficient (Wildman–Crippen LogP) is 4.41. The van der Waals surface area contributed by atoms with Crippen molar-refractivity contribution in [2.75, 3.05) is 0 Å². The van der Waals surface area contributed by atoms with E-state index in [1.54, 1.807) is 0 Å². The summed E-state index contributed by atoms with van der Waals surface area (Å²) < 4.78 is 5.68. The molecule has 0 amide bonds. The quantitative estimate of drug-likeness (QED) is 0.577. The molecule has 0 unspecified atom stereocenters. The van der Waals surface area contributed by atoms with Crippen LogP contribution in [0.3, 0.4) is 0 Å². The van der Waals surface area contributed by atoms with Gasteiger partial charge in [0.15, 0.2) is 0 Å². The predicted molar refractivity (Wildman–Crippen MR) is 66.4 cm³/mol. The molecule has 0 aliphatic heterocycles. The van der Waals surface area contributed by atoms with E-state index in [4.69, 9.17) is 4.42 Å². The highest BCUT2D eigenvalue weighted by Crippen LogP contribution is 2.29. The van der Waals surface area contributed by atoms with Gasteiger partial charge in [0.2, 0.25) is 0 Å². The van der Waals surface area contributed by atoms with E-state index in [9.17, 15) is 0 Å². The van der Waals surface area contributed by atoms with Gasteiger partial charge in [0.1, 0.15) is 11.5 Å². The molecule has 1 aromatic heterocycles. The first-order valence-corrected chi connectivity index (χ1v) is 5.39. The third-order valence-corrected chi connectivity index (χ3v) is 2.80. The lowest BCUT2D eigenvalue weighted by Crippen LogP contribution is -1.78. The highest BCUT2D eigenvalue weighted by Gasteiger charge is 2.05. The third kappa shape index (κ3) is 1.41. The van der Waals surface area contributed by atoms with Crippen LogP contribution in [-0.4, -0.2) is 0 Å². The van der Waals surface area contributed by atoms with Crippen molar-refractivity contribution >= 4 is 10.8 Å². The van der Waals surface area contributed by atoms with Crippen molar-refractivity contribution < 1.29 is 4.42 Å². The summed E-state index contributed by atoms with van der Waals surface area (Å²) in [5, 5.41) is 2.48. The van der Waals surface area contributed by atoms with Crippen LogP contribution < -0.4 is 0 Å². The Balaban J connectivity index is 2.31. The maximum atomic E-state index is 5.68. The Morgan fingerprint density at radius 3 is 2.44 bits per heavy atom. The van der Waals surface area contributed by atoms with Crippen molar-refractivity contribution in [2.45, 2.75) is 6.92 Å². The zero-order valence-corrected chi connectivity index (χ0v) is 9.10. The van der Waals surface area contributed by atoms with Crippen molar-refractivity contribution in [3.8, 4) is 11.3 Å². The highest BCUT2D eigenvalue weighted by molar-refractivity contribution is 5.95. The smallest absolute Gasteiger partial charge is 0.134 e. The minimum absolute atomic E-state index is 0.939. The molecule has 78 valence electrons. The van der Waals surface area contributed by atoms with E-state index in [1.807, 2.05) is 19.1 Å². The van der Waals surface area contributed by atoms with Gasteiger partial charge in [0.25, 0.3) is 0 Å². The van der Waals surface area contributed by atoms with Gasteiger partial charge in [0, 0.05) is 5.56 Å². The standard InChI is InChI=1S/C15H12O/c1-11-9-10-15(16-11)14-8-4-6-12-5-2-3-7-13(12)14/h2-10H,1H3. The van der Waals surface area contributed by atoms with E-state index < -0.39 is 0 Å². The molecule has 0 spiro atoms. The Labute approximate surface area is 94.3 Å². The number of rotatable bonds is 1. The number of fused-ring (bicyclic) bond motifs is 1. The van der Waals surface area contributed by atoms with Crippen molar-refractivity contribution in [3.05, 3.63) is 60.4 Å². The molecule has 0 fully saturated rings. The Hall–Kier alpha value is -2.02. The van der Waals surface area contributed by atoms with Crippen molar-refractivity contribution in [2.24, 2.45) is 0 Å². The Morgan fingerprint density at radius 2 is 1.62 bits per heavy atom. The number of aryl methyl sites for hydroxylation is 1. The molecular formula is C15H12O. The van der Waals surface area contributed by atoms with Crippen LogP contribution in [0.1, 0.15) is 5.76 Å². The van der Waals surface area contributed by atoms with Crippen LogP contribution in [0, 0.1) is 6.92 Å². The Bertz CT molecular complexity index is 629. The van der Waals surface area contributed by atoms with E-state index in [2.05, 4.69) is 42.5 Å². The third-order valence-electron chi connectivity index (χ3n) is 2.80. The molecule has 0 N–H and O–H groups in total. The fraction of sp³-hybridized carbons (Fsp3) is 0.0667. The van der Waals surface area contributed by atoms with Crippen LogP contribution in [-0.2, 0) is 0 Å². The van der Waals surface area contributed by atoms with Crippen LogP contribution in [0.5, 0.6) is 0 Å². The largest absolute Gasteiger partial charge is 0.461 e. The summed E-state index contributed by atoms with van der Waals surface area (Å²) in [5.41, 5.74) is 1.16. The number of furan rings is 1. The monoisotopic (exact) mass is 208 g/mol. The first-order valence-electron chi connectivity index (χ1n) is 5.39. The topological polar surface area (TPSA) is 13.1 Å². The summed E-state index contributed by atoms with van der Waals surface area (Å²) in [6.07, 6.45) is 0. The first-order chi connectivity index (χ1) is 7.84. The normalized spacial score (nSPS) is 10.8. The fourth-order valence-corrected chi connectivity index (χ4v) is 2.02. The van der Waals surface area contributed by atoms with Gasteiger partial charge in [-0.25, -0.2) is 0 Å². The average molecular weight is 208 g/mol. The molecule has 0 atom stereocenters. The van der Waals surface area contributed by atoms with Gasteiger partial charge in [0.05, 0.1) is 0 Å². The minimum Gasteiger partial charge on any atom is -0.461 e. The molecule has 3 rings (SSSR count). The molecule has 0 saturated heterocycles. The van der Waals surface area contributed by atoms with Gasteiger partial charge in [-0.05, 0) is 29.8 Å². The molecule has 0 aliphatic carbocycles. The number of hydrogen-bond donors (Lipinski definition) is 0. The zero-order chi connectivity index (χ0) is 11.0. The van der Waals surface area contributed by atoms with Gasteiger partial charge < -0.3 is 4.42 Å². The maximum absolute atomic E-state index is 5.68. The van der Waals surface area contributed by atoms with E-state index >= 15 is 0 Å². The summed E-state index contributed by atoms with van der Waals surface area (Å²) in [5.74, 6) is 1.89. The van der Waals surface area contributed by atoms with Gasteiger partial charge >= 0.3 is 0 Å². The van der Waals surface area contributed by atoms with Crippen molar-refractivity contribution in [3.63, 3.8) is 0 Å². The first kappa shape index (κ1) is 9.22. The Morgan fingerprint density at radius 1 is 0.812 bits per heavy atom. The van der Waals surface area contributed by atoms with Crippen molar-refractivity contribution in [1.82, 2.24) is 0 Å². The number of benzene rings is 2. The summed E-state index contributed by atoms with van der Waals surface area (Å²) >= 11 is 0. The van der Waals surface area contributed by atoms with Crippen LogP contribution in [0.4, 0.5) is 0 Å². The van der Waals surface area contributed by atoms with Gasteiger partial charge in [-0.2, -0.15) is 0 Å². The molecule has 16 heavy (non-hydrogen) atoms. The molecule has 1 heterocycles. The molecule has 0 radical (unpaired) electrons. The van der Waals surface area contributed by atoms with Gasteiger partial charge in [-0.3, -0.25) is 0 Å². The van der Waals surface area contributed by atoms with Gasteiger partial charge in [-0.15, -0.1) is 0 Å². The molecule has 3 aromatic rings. The highest BCUT2D eigenvalue weighted by atomic mass is 16.3. The lowest BCUT2D eigenvalue weighted by Gasteiger charge is -2.03. The maximum Gasteiger partial charge on any atom is 0.134 e. The zero-order valence-electron chi connectivity index (χ0n) is 9.10. The van der Waals surface area contributed by atoms with E-state index in [0.29, 0.717) is 0 Å². The lowest BCUT2D eigenvalue weighted by molar-refractivity contribution is 0.549. The second kappa shape index (κ2) is 3.53. The SMILES string of the molecule is Cc1ccc(-c2cccc3ccccc23)o1. The van der Waals surface area contributed by atoms with E-state index in [0.717, 1.165) is 17.1 Å². The molecule has 0 bridgehead atoms. The van der Waals surface area contributed by atoms with E-state index in [1.165, 1.54) is 10.8 Å². The fourth-order valence-electron chi connectivity index (χ4n) is 2.02. The van der Waals surface area contributed by atoms with Crippen LogP contribution >= 0.6 is 0 Å². The second-order valence-corrected chi connectivity index (χ2v) is 3.94. The summed E-state index contributed by atoms with van der Waals surface area (Å²) in [7, 11) is 0. The van der Waals surface area contributed by atoms with Crippen LogP contribution in [0.15, 0.2) is 59.0 Å². The molecule has 2 aromatic carbocycles. The lowest BCUT2D eigenvalue weighted by atomic mass is 10.0. The van der Waals surface area contributed by atoms with E-state index in [-0.39, 0.29) is 0 Å². The molecular weight excluding hydrogens is 196 g/mol. The van der Waals surface area contributed by atoms with Crippen LogP contribution in [0.2, 0.25) is 0 Å². The second-order valence-electron chi connectivity index (χ2n) is 3.94. The molecule has 0 aliphatic rings. The van der Waals surface area contributed by atoms with Crippen molar-refractivity contribution in [1.29, 1.82) is 0 Å². The number of hydrogen-bond acceptors (Lipinski definition) is 1.